The van der Waals surface area contributed by atoms with Crippen molar-refractivity contribution in [3.63, 3.8) is 0 Å². The zero-order valence-corrected chi connectivity index (χ0v) is 11.8. The smallest absolute Gasteiger partial charge is 0.338 e. The SMILES string of the molecule is C=C(C)C(=O)Oc1ccc(/C=C(/C#N)C2OC(C)O2)cc1. The van der Waals surface area contributed by atoms with E-state index >= 15 is 0 Å². The molecule has 108 valence electrons. The minimum Gasteiger partial charge on any atom is -0.423 e. The van der Waals surface area contributed by atoms with Gasteiger partial charge in [0, 0.05) is 5.57 Å². The van der Waals surface area contributed by atoms with E-state index in [2.05, 4.69) is 6.58 Å². The van der Waals surface area contributed by atoms with Crippen molar-refractivity contribution in [2.24, 2.45) is 0 Å². The van der Waals surface area contributed by atoms with E-state index in [1.807, 2.05) is 6.07 Å². The number of carbonyl (C=O) groups excluding carboxylic acids is 1. The van der Waals surface area contributed by atoms with Gasteiger partial charge in [-0.1, -0.05) is 18.7 Å². The summed E-state index contributed by atoms with van der Waals surface area (Å²) in [6.45, 7) is 6.85. The molecule has 5 heteroatoms. The summed E-state index contributed by atoms with van der Waals surface area (Å²) in [5.74, 6) is -0.0512. The normalized spacial score (nSPS) is 21.1. The van der Waals surface area contributed by atoms with E-state index in [9.17, 15) is 4.79 Å². The van der Waals surface area contributed by atoms with E-state index in [1.54, 1.807) is 44.2 Å². The standard InChI is InChI=1S/C16H15NO4/c1-10(2)15(18)21-14-6-4-12(5-7-14)8-13(9-17)16-19-11(3)20-16/h4-8,11,16H,1H2,2-3H3/b13-8-. The van der Waals surface area contributed by atoms with Crippen LogP contribution in [0.4, 0.5) is 0 Å². The molecule has 0 atom stereocenters. The van der Waals surface area contributed by atoms with Gasteiger partial charge in [0.1, 0.15) is 11.8 Å². The molecule has 5 nitrogen and oxygen atoms in total. The molecule has 1 heterocycles. The van der Waals surface area contributed by atoms with Crippen LogP contribution >= 0.6 is 0 Å². The summed E-state index contributed by atoms with van der Waals surface area (Å²) in [6, 6.07) is 8.81. The highest BCUT2D eigenvalue weighted by Crippen LogP contribution is 2.24. The molecule has 0 spiro atoms. The first-order valence-electron chi connectivity index (χ1n) is 6.40. The van der Waals surface area contributed by atoms with Crippen molar-refractivity contribution in [3.8, 4) is 11.8 Å². The Labute approximate surface area is 123 Å². The zero-order chi connectivity index (χ0) is 15.4. The first kappa shape index (κ1) is 15.0. The van der Waals surface area contributed by atoms with Crippen molar-refractivity contribution in [2.75, 3.05) is 0 Å². The molecular formula is C16H15NO4. The number of rotatable bonds is 4. The Bertz CT molecular complexity index is 619. The summed E-state index contributed by atoms with van der Waals surface area (Å²) >= 11 is 0. The lowest BCUT2D eigenvalue weighted by atomic mass is 10.1. The summed E-state index contributed by atoms with van der Waals surface area (Å²) in [4.78, 5) is 11.4. The molecule has 0 saturated carbocycles. The molecule has 1 fully saturated rings. The Balaban J connectivity index is 2.06. The minimum absolute atomic E-state index is 0.282. The number of nitriles is 1. The van der Waals surface area contributed by atoms with Crippen molar-refractivity contribution in [1.82, 2.24) is 0 Å². The number of hydrogen-bond acceptors (Lipinski definition) is 5. The molecule has 0 bridgehead atoms. The lowest BCUT2D eigenvalue weighted by molar-refractivity contribution is -0.357. The van der Waals surface area contributed by atoms with Crippen LogP contribution in [0.1, 0.15) is 19.4 Å². The lowest BCUT2D eigenvalue weighted by Gasteiger charge is -2.33. The highest BCUT2D eigenvalue weighted by molar-refractivity contribution is 5.88. The average molecular weight is 285 g/mol. The number of hydrogen-bond donors (Lipinski definition) is 0. The van der Waals surface area contributed by atoms with Crippen molar-refractivity contribution < 1.29 is 19.0 Å². The molecule has 21 heavy (non-hydrogen) atoms. The van der Waals surface area contributed by atoms with Crippen LogP contribution in [0.15, 0.2) is 42.0 Å². The molecule has 1 aromatic rings. The van der Waals surface area contributed by atoms with Gasteiger partial charge in [-0.25, -0.2) is 4.79 Å². The molecule has 0 aromatic heterocycles. The Hall–Kier alpha value is -2.42. The molecule has 2 rings (SSSR count). The first-order valence-corrected chi connectivity index (χ1v) is 6.40. The second-order valence-electron chi connectivity index (χ2n) is 4.62. The van der Waals surface area contributed by atoms with Gasteiger partial charge in [-0.2, -0.15) is 5.26 Å². The van der Waals surface area contributed by atoms with Crippen molar-refractivity contribution in [2.45, 2.75) is 26.4 Å². The van der Waals surface area contributed by atoms with Gasteiger partial charge in [-0.15, -0.1) is 0 Å². The van der Waals surface area contributed by atoms with Crippen LogP contribution in [0.5, 0.6) is 5.75 Å². The Kier molecular flexibility index (Phi) is 4.53. The third-order valence-electron chi connectivity index (χ3n) is 2.77. The van der Waals surface area contributed by atoms with E-state index in [1.165, 1.54) is 0 Å². The van der Waals surface area contributed by atoms with Gasteiger partial charge in [-0.3, -0.25) is 0 Å². The quantitative estimate of drug-likeness (QED) is 0.368. The van der Waals surface area contributed by atoms with E-state index in [-0.39, 0.29) is 6.29 Å². The predicted molar refractivity (Wildman–Crippen MR) is 75.9 cm³/mol. The summed E-state index contributed by atoms with van der Waals surface area (Å²) in [5, 5.41) is 9.09. The molecule has 1 aliphatic heterocycles. The van der Waals surface area contributed by atoms with E-state index in [0.29, 0.717) is 16.9 Å². The van der Waals surface area contributed by atoms with Crippen LogP contribution in [0.3, 0.4) is 0 Å². The largest absolute Gasteiger partial charge is 0.423 e. The van der Waals surface area contributed by atoms with Gasteiger partial charge in [0.25, 0.3) is 0 Å². The van der Waals surface area contributed by atoms with Crippen LogP contribution in [0, 0.1) is 11.3 Å². The highest BCUT2D eigenvalue weighted by Gasteiger charge is 2.30. The maximum absolute atomic E-state index is 11.4. The van der Waals surface area contributed by atoms with E-state index < -0.39 is 12.3 Å². The third kappa shape index (κ3) is 3.78. The molecule has 1 saturated heterocycles. The van der Waals surface area contributed by atoms with Gasteiger partial charge < -0.3 is 14.2 Å². The van der Waals surface area contributed by atoms with Gasteiger partial charge in [-0.05, 0) is 37.6 Å². The summed E-state index contributed by atoms with van der Waals surface area (Å²) in [5.41, 5.74) is 1.51. The van der Waals surface area contributed by atoms with Gasteiger partial charge in [0.05, 0.1) is 5.57 Å². The van der Waals surface area contributed by atoms with Crippen molar-refractivity contribution >= 4 is 12.0 Å². The molecular weight excluding hydrogens is 270 g/mol. The third-order valence-corrected chi connectivity index (χ3v) is 2.77. The average Bonchev–Trinajstić information content (AvgIpc) is 2.43. The van der Waals surface area contributed by atoms with Gasteiger partial charge in [0.2, 0.25) is 0 Å². The maximum Gasteiger partial charge on any atom is 0.338 e. The highest BCUT2D eigenvalue weighted by atomic mass is 16.9. The van der Waals surface area contributed by atoms with Crippen molar-refractivity contribution in [3.05, 3.63) is 47.6 Å². The van der Waals surface area contributed by atoms with E-state index in [0.717, 1.165) is 5.56 Å². The second-order valence-corrected chi connectivity index (χ2v) is 4.62. The topological polar surface area (TPSA) is 68.6 Å². The Morgan fingerprint density at radius 2 is 2.00 bits per heavy atom. The summed E-state index contributed by atoms with van der Waals surface area (Å²) < 4.78 is 15.6. The first-order chi connectivity index (χ1) is 9.99. The molecule has 0 aliphatic carbocycles. The molecule has 0 unspecified atom stereocenters. The van der Waals surface area contributed by atoms with Crippen LogP contribution in [-0.2, 0) is 14.3 Å². The van der Waals surface area contributed by atoms with Gasteiger partial charge >= 0.3 is 5.97 Å². The monoisotopic (exact) mass is 285 g/mol. The Morgan fingerprint density at radius 1 is 1.38 bits per heavy atom. The van der Waals surface area contributed by atoms with Crippen LogP contribution in [-0.4, -0.2) is 18.5 Å². The zero-order valence-electron chi connectivity index (χ0n) is 11.8. The number of ether oxygens (including phenoxy) is 3. The second kappa shape index (κ2) is 6.35. The van der Waals surface area contributed by atoms with E-state index in [4.69, 9.17) is 19.5 Å². The maximum atomic E-state index is 11.4. The van der Waals surface area contributed by atoms with Crippen LogP contribution < -0.4 is 4.74 Å². The fourth-order valence-electron chi connectivity index (χ4n) is 1.66. The number of carbonyl (C=O) groups is 1. The van der Waals surface area contributed by atoms with Crippen molar-refractivity contribution in [1.29, 1.82) is 5.26 Å². The molecule has 0 amide bonds. The molecule has 1 aromatic carbocycles. The fraction of sp³-hybridized carbons (Fsp3) is 0.250. The Morgan fingerprint density at radius 3 is 2.48 bits per heavy atom. The summed E-state index contributed by atoms with van der Waals surface area (Å²) in [7, 11) is 0. The van der Waals surface area contributed by atoms with Crippen LogP contribution in [0.25, 0.3) is 6.08 Å². The fourth-order valence-corrected chi connectivity index (χ4v) is 1.66. The number of nitrogens with zero attached hydrogens (tertiary/aromatic N) is 1. The molecule has 0 radical (unpaired) electrons. The number of esters is 1. The summed E-state index contributed by atoms with van der Waals surface area (Å²) in [6.07, 6.45) is 0.780. The molecule has 1 aliphatic rings. The van der Waals surface area contributed by atoms with Gasteiger partial charge in [0.15, 0.2) is 12.6 Å². The minimum atomic E-state index is -0.606. The van der Waals surface area contributed by atoms with Crippen LogP contribution in [0.2, 0.25) is 0 Å². The molecule has 0 N–H and O–H groups in total. The predicted octanol–water partition coefficient (Wildman–Crippen LogP) is 2.79. The number of benzene rings is 1. The lowest BCUT2D eigenvalue weighted by Crippen LogP contribution is -2.39.